The van der Waals surface area contributed by atoms with Crippen molar-refractivity contribution in [3.05, 3.63) is 0 Å². The zero-order valence-electron chi connectivity index (χ0n) is 7.67. The second-order valence-corrected chi connectivity index (χ2v) is 5.44. The molecule has 2 atom stereocenters. The standard InChI is InChI=1S/C7H12F2N2OS/c1-7(2,3)13(12)11-5(4-10)6(8)9/h5-6,11H,1-3H3/t5-,13?/m0/s1. The van der Waals surface area contributed by atoms with Gasteiger partial charge in [0.2, 0.25) is 0 Å². The van der Waals surface area contributed by atoms with Gasteiger partial charge in [-0.1, -0.05) is 0 Å². The maximum Gasteiger partial charge on any atom is 0.271 e. The fourth-order valence-electron chi connectivity index (χ4n) is 0.426. The molecule has 0 saturated carbocycles. The van der Waals surface area contributed by atoms with Crippen LogP contribution in [0.1, 0.15) is 20.8 Å². The molecule has 0 radical (unpaired) electrons. The Morgan fingerprint density at radius 2 is 1.92 bits per heavy atom. The van der Waals surface area contributed by atoms with E-state index < -0.39 is 28.6 Å². The van der Waals surface area contributed by atoms with Crippen LogP contribution in [0.2, 0.25) is 0 Å². The Morgan fingerprint density at radius 1 is 1.46 bits per heavy atom. The minimum absolute atomic E-state index is 0.649. The molecular weight excluding hydrogens is 198 g/mol. The number of nitrogens with one attached hydrogen (secondary N) is 1. The third kappa shape index (κ3) is 4.41. The molecule has 6 heteroatoms. The van der Waals surface area contributed by atoms with Gasteiger partial charge in [0.15, 0.2) is 6.04 Å². The molecule has 76 valence electrons. The van der Waals surface area contributed by atoms with Crippen LogP contribution in [-0.4, -0.2) is 21.8 Å². The van der Waals surface area contributed by atoms with Crippen LogP contribution in [0.5, 0.6) is 0 Å². The fourth-order valence-corrected chi connectivity index (χ4v) is 1.17. The summed E-state index contributed by atoms with van der Waals surface area (Å²) in [6, 6.07) is -0.316. The largest absolute Gasteiger partial charge is 0.598 e. The van der Waals surface area contributed by atoms with E-state index in [9.17, 15) is 13.3 Å². The zero-order valence-corrected chi connectivity index (χ0v) is 8.49. The molecule has 0 aromatic carbocycles. The van der Waals surface area contributed by atoms with E-state index in [1.54, 1.807) is 20.8 Å². The second-order valence-electron chi connectivity index (χ2n) is 3.44. The Balaban J connectivity index is 4.20. The van der Waals surface area contributed by atoms with Gasteiger partial charge in [-0.2, -0.15) is 5.26 Å². The molecule has 0 amide bonds. The normalized spacial score (nSPS) is 16.8. The number of halogens is 2. The van der Waals surface area contributed by atoms with Crippen molar-refractivity contribution in [1.29, 1.82) is 5.26 Å². The lowest BCUT2D eigenvalue weighted by Crippen LogP contribution is -2.46. The summed E-state index contributed by atoms with van der Waals surface area (Å²) in [6.07, 6.45) is -2.82. The van der Waals surface area contributed by atoms with Crippen molar-refractivity contribution in [2.24, 2.45) is 0 Å². The Kier molecular flexibility index (Phi) is 4.61. The molecule has 13 heavy (non-hydrogen) atoms. The van der Waals surface area contributed by atoms with Gasteiger partial charge < -0.3 is 4.55 Å². The molecule has 0 heterocycles. The maximum atomic E-state index is 12.0. The monoisotopic (exact) mass is 210 g/mol. The average Bonchev–Trinajstić information content (AvgIpc) is 1.96. The van der Waals surface area contributed by atoms with Crippen molar-refractivity contribution >= 4 is 11.4 Å². The Hall–Kier alpha value is -0.380. The van der Waals surface area contributed by atoms with Gasteiger partial charge in [-0.25, -0.2) is 8.78 Å². The van der Waals surface area contributed by atoms with Gasteiger partial charge in [0.05, 0.1) is 6.07 Å². The molecular formula is C7H12F2N2OS. The van der Waals surface area contributed by atoms with E-state index in [0.29, 0.717) is 0 Å². The topological polar surface area (TPSA) is 58.9 Å². The van der Waals surface area contributed by atoms with Gasteiger partial charge in [-0.15, -0.1) is 4.72 Å². The smallest absolute Gasteiger partial charge is 0.271 e. The lowest BCUT2D eigenvalue weighted by atomic mass is 10.3. The molecule has 0 fully saturated rings. The van der Waals surface area contributed by atoms with Crippen molar-refractivity contribution in [2.45, 2.75) is 38.0 Å². The van der Waals surface area contributed by atoms with Crippen molar-refractivity contribution in [3.63, 3.8) is 0 Å². The number of hydrogen-bond acceptors (Lipinski definition) is 3. The minimum Gasteiger partial charge on any atom is -0.598 e. The van der Waals surface area contributed by atoms with Crippen LogP contribution in [0.3, 0.4) is 0 Å². The number of nitrogens with zero attached hydrogens (tertiary/aromatic N) is 1. The summed E-state index contributed by atoms with van der Waals surface area (Å²) in [5.41, 5.74) is 0. The zero-order chi connectivity index (χ0) is 10.6. The molecule has 0 aromatic rings. The molecule has 0 spiro atoms. The van der Waals surface area contributed by atoms with Gasteiger partial charge in [0, 0.05) is 11.4 Å². The number of rotatable bonds is 3. The third-order valence-corrected chi connectivity index (χ3v) is 2.76. The lowest BCUT2D eigenvalue weighted by molar-refractivity contribution is 0.129. The van der Waals surface area contributed by atoms with E-state index in [4.69, 9.17) is 5.26 Å². The summed E-state index contributed by atoms with van der Waals surface area (Å²) in [7, 11) is 0. The lowest BCUT2D eigenvalue weighted by Gasteiger charge is -2.25. The summed E-state index contributed by atoms with van der Waals surface area (Å²) in [5, 5.41) is 8.28. The molecule has 1 N–H and O–H groups in total. The van der Waals surface area contributed by atoms with Crippen LogP contribution in [-0.2, 0) is 11.4 Å². The number of alkyl halides is 2. The average molecular weight is 210 g/mol. The highest BCUT2D eigenvalue weighted by molar-refractivity contribution is 7.90. The molecule has 3 nitrogen and oxygen atoms in total. The van der Waals surface area contributed by atoms with E-state index in [1.807, 2.05) is 0 Å². The highest BCUT2D eigenvalue weighted by Crippen LogP contribution is 2.15. The highest BCUT2D eigenvalue weighted by Gasteiger charge is 2.32. The van der Waals surface area contributed by atoms with Gasteiger partial charge >= 0.3 is 0 Å². The first-order chi connectivity index (χ1) is 5.79. The van der Waals surface area contributed by atoms with E-state index in [-0.39, 0.29) is 0 Å². The molecule has 1 unspecified atom stereocenters. The van der Waals surface area contributed by atoms with Gasteiger partial charge in [-0.3, -0.25) is 0 Å². The predicted octanol–water partition coefficient (Wildman–Crippen LogP) is 1.20. The summed E-state index contributed by atoms with van der Waals surface area (Å²) in [4.78, 5) is 0. The first kappa shape index (κ1) is 12.6. The fraction of sp³-hybridized carbons (Fsp3) is 0.857. The van der Waals surface area contributed by atoms with E-state index in [2.05, 4.69) is 4.72 Å². The number of hydrogen-bond donors (Lipinski definition) is 1. The SMILES string of the molecule is CC(C)(C)[S+]([O-])N[C@@H](C#N)C(F)F. The quantitative estimate of drug-likeness (QED) is 0.712. The summed E-state index contributed by atoms with van der Waals surface area (Å²) >= 11 is -1.64. The first-order valence-electron chi connectivity index (χ1n) is 3.65. The van der Waals surface area contributed by atoms with Gasteiger partial charge in [0.1, 0.15) is 4.75 Å². The predicted molar refractivity (Wildman–Crippen MR) is 46.4 cm³/mol. The van der Waals surface area contributed by atoms with Crippen molar-refractivity contribution in [1.82, 2.24) is 4.72 Å². The van der Waals surface area contributed by atoms with E-state index >= 15 is 0 Å². The summed E-state index contributed by atoms with van der Waals surface area (Å²) < 4.78 is 36.7. The van der Waals surface area contributed by atoms with E-state index in [0.717, 1.165) is 0 Å². The number of nitriles is 1. The molecule has 0 aliphatic rings. The van der Waals surface area contributed by atoms with Crippen LogP contribution in [0.25, 0.3) is 0 Å². The minimum atomic E-state index is -2.82. The molecule has 0 saturated heterocycles. The molecule has 0 aliphatic heterocycles. The summed E-state index contributed by atoms with van der Waals surface area (Å²) in [6.45, 7) is 4.90. The molecule has 0 bridgehead atoms. The Bertz CT molecular complexity index is 200. The Morgan fingerprint density at radius 3 is 2.15 bits per heavy atom. The van der Waals surface area contributed by atoms with Crippen molar-refractivity contribution < 1.29 is 13.3 Å². The van der Waals surface area contributed by atoms with Crippen molar-refractivity contribution in [3.8, 4) is 6.07 Å². The van der Waals surface area contributed by atoms with Crippen LogP contribution in [0.15, 0.2) is 0 Å². The summed E-state index contributed by atoms with van der Waals surface area (Å²) in [5.74, 6) is 0. The van der Waals surface area contributed by atoms with E-state index in [1.165, 1.54) is 6.07 Å². The van der Waals surface area contributed by atoms with Crippen LogP contribution < -0.4 is 4.72 Å². The Labute approximate surface area is 79.4 Å². The molecule has 0 rings (SSSR count). The van der Waals surface area contributed by atoms with Gasteiger partial charge in [-0.05, 0) is 20.8 Å². The second kappa shape index (κ2) is 4.74. The maximum absolute atomic E-state index is 12.0. The van der Waals surface area contributed by atoms with Crippen LogP contribution in [0.4, 0.5) is 8.78 Å². The molecule has 0 aliphatic carbocycles. The third-order valence-electron chi connectivity index (χ3n) is 1.18. The van der Waals surface area contributed by atoms with Gasteiger partial charge in [0.25, 0.3) is 6.43 Å². The highest BCUT2D eigenvalue weighted by atomic mass is 32.2. The first-order valence-corrected chi connectivity index (χ1v) is 4.80. The molecule has 0 aromatic heterocycles. The van der Waals surface area contributed by atoms with Crippen LogP contribution in [0, 0.1) is 11.3 Å². The van der Waals surface area contributed by atoms with Crippen molar-refractivity contribution in [2.75, 3.05) is 0 Å². The van der Waals surface area contributed by atoms with Crippen LogP contribution >= 0.6 is 0 Å².